The van der Waals surface area contributed by atoms with E-state index in [1.54, 1.807) is 12.1 Å². The van der Waals surface area contributed by atoms with Gasteiger partial charge in [-0.15, -0.1) is 5.10 Å². The van der Waals surface area contributed by atoms with Crippen LogP contribution < -0.4 is 5.73 Å². The van der Waals surface area contributed by atoms with Crippen molar-refractivity contribution in [3.63, 3.8) is 0 Å². The Morgan fingerprint density at radius 2 is 2.05 bits per heavy atom. The van der Waals surface area contributed by atoms with Crippen LogP contribution in [0.1, 0.15) is 26.7 Å². The molecule has 5 nitrogen and oxygen atoms in total. The number of halogens is 2. The Labute approximate surface area is 133 Å². The molecule has 2 N–H and O–H groups in total. The molecule has 1 saturated carbocycles. The lowest BCUT2D eigenvalue weighted by atomic mass is 9.92. The van der Waals surface area contributed by atoms with Crippen molar-refractivity contribution in [2.75, 3.05) is 5.73 Å². The molecule has 21 heavy (non-hydrogen) atoms. The number of nitrogen functional groups attached to an aromatic ring is 1. The number of tetrazole rings is 1. The predicted molar refractivity (Wildman–Crippen MR) is 84.2 cm³/mol. The molecule has 0 saturated heterocycles. The molecule has 0 unspecified atom stereocenters. The van der Waals surface area contributed by atoms with Gasteiger partial charge in [-0.2, -0.15) is 0 Å². The van der Waals surface area contributed by atoms with Crippen LogP contribution in [0.25, 0.3) is 11.4 Å². The van der Waals surface area contributed by atoms with Gasteiger partial charge in [-0.3, -0.25) is 0 Å². The summed E-state index contributed by atoms with van der Waals surface area (Å²) in [4.78, 5) is 0. The van der Waals surface area contributed by atoms with Crippen LogP contribution in [-0.4, -0.2) is 20.2 Å². The van der Waals surface area contributed by atoms with Gasteiger partial charge in [-0.1, -0.05) is 37.0 Å². The maximum absolute atomic E-state index is 6.28. The highest BCUT2D eigenvalue weighted by molar-refractivity contribution is 6.43. The van der Waals surface area contributed by atoms with Gasteiger partial charge < -0.3 is 5.73 Å². The van der Waals surface area contributed by atoms with Gasteiger partial charge in [0, 0.05) is 11.3 Å². The molecule has 7 heteroatoms. The topological polar surface area (TPSA) is 69.6 Å². The van der Waals surface area contributed by atoms with Crippen LogP contribution in [0, 0.1) is 11.3 Å². The Hall–Kier alpha value is -1.33. The molecule has 1 aliphatic rings. The van der Waals surface area contributed by atoms with Crippen LogP contribution in [0.3, 0.4) is 0 Å². The Kier molecular flexibility index (Phi) is 3.58. The summed E-state index contributed by atoms with van der Waals surface area (Å²) in [5.41, 5.74) is 7.36. The lowest BCUT2D eigenvalue weighted by Crippen LogP contribution is -2.19. The monoisotopic (exact) mass is 325 g/mol. The van der Waals surface area contributed by atoms with Gasteiger partial charge in [0.25, 0.3) is 0 Å². The molecular formula is C14H17Cl2N5. The van der Waals surface area contributed by atoms with E-state index >= 15 is 0 Å². The minimum absolute atomic E-state index is 0.292. The lowest BCUT2D eigenvalue weighted by molar-refractivity contribution is 0.294. The van der Waals surface area contributed by atoms with Crippen LogP contribution in [0.15, 0.2) is 12.1 Å². The highest BCUT2D eigenvalue weighted by atomic mass is 35.5. The van der Waals surface area contributed by atoms with Crippen molar-refractivity contribution >= 4 is 28.9 Å². The van der Waals surface area contributed by atoms with Gasteiger partial charge in [0.1, 0.15) is 0 Å². The van der Waals surface area contributed by atoms with E-state index in [0.29, 0.717) is 38.5 Å². The van der Waals surface area contributed by atoms with E-state index in [0.717, 1.165) is 6.54 Å². The van der Waals surface area contributed by atoms with E-state index in [1.807, 2.05) is 4.68 Å². The summed E-state index contributed by atoms with van der Waals surface area (Å²) >= 11 is 12.4. The number of hydrogen-bond acceptors (Lipinski definition) is 4. The molecule has 0 spiro atoms. The van der Waals surface area contributed by atoms with Gasteiger partial charge in [0.2, 0.25) is 0 Å². The number of benzene rings is 1. The minimum Gasteiger partial charge on any atom is -0.399 e. The first-order valence-electron chi connectivity index (χ1n) is 6.94. The average molecular weight is 326 g/mol. The number of anilines is 1. The van der Waals surface area contributed by atoms with Crippen LogP contribution >= 0.6 is 23.2 Å². The number of rotatable bonds is 4. The molecule has 0 atom stereocenters. The average Bonchev–Trinajstić information content (AvgIpc) is 3.06. The molecule has 1 heterocycles. The summed E-state index contributed by atoms with van der Waals surface area (Å²) < 4.78 is 1.81. The van der Waals surface area contributed by atoms with E-state index in [-0.39, 0.29) is 0 Å². The summed E-state index contributed by atoms with van der Waals surface area (Å²) in [5.74, 6) is 1.20. The van der Waals surface area contributed by atoms with Crippen LogP contribution in [0.2, 0.25) is 10.0 Å². The molecule has 0 amide bonds. The van der Waals surface area contributed by atoms with Gasteiger partial charge in [-0.05, 0) is 46.7 Å². The third kappa shape index (κ3) is 2.60. The number of hydrogen-bond donors (Lipinski definition) is 1. The molecule has 3 rings (SSSR count). The van der Waals surface area contributed by atoms with Crippen LogP contribution in [-0.2, 0) is 6.54 Å². The zero-order valence-corrected chi connectivity index (χ0v) is 13.5. The molecular weight excluding hydrogens is 309 g/mol. The molecule has 0 radical (unpaired) electrons. The Morgan fingerprint density at radius 1 is 1.33 bits per heavy atom. The van der Waals surface area contributed by atoms with E-state index in [4.69, 9.17) is 28.9 Å². The second kappa shape index (κ2) is 5.14. The Balaban J connectivity index is 2.00. The first kappa shape index (κ1) is 14.6. The molecule has 1 aliphatic carbocycles. The Morgan fingerprint density at radius 3 is 2.67 bits per heavy atom. The van der Waals surface area contributed by atoms with E-state index in [9.17, 15) is 0 Å². The maximum Gasteiger partial charge on any atom is 0.183 e. The normalized spacial score (nSPS) is 16.4. The van der Waals surface area contributed by atoms with Crippen LogP contribution in [0.4, 0.5) is 5.69 Å². The minimum atomic E-state index is 0.292. The largest absolute Gasteiger partial charge is 0.399 e. The van der Waals surface area contributed by atoms with E-state index in [1.165, 1.54) is 12.8 Å². The zero-order valence-electron chi connectivity index (χ0n) is 12.0. The predicted octanol–water partition coefficient (Wildman–Crippen LogP) is 3.67. The van der Waals surface area contributed by atoms with Gasteiger partial charge in [0.05, 0.1) is 16.6 Å². The maximum atomic E-state index is 6.28. The number of nitrogens with zero attached hydrogens (tertiary/aromatic N) is 4. The lowest BCUT2D eigenvalue weighted by Gasteiger charge is -2.20. The second-order valence-electron chi connectivity index (χ2n) is 6.04. The highest BCUT2D eigenvalue weighted by Gasteiger charge is 2.46. The summed E-state index contributed by atoms with van der Waals surface area (Å²) in [5, 5.41) is 12.8. The van der Waals surface area contributed by atoms with Crippen molar-refractivity contribution in [1.29, 1.82) is 0 Å². The molecule has 1 aromatic carbocycles. The summed E-state index contributed by atoms with van der Waals surface area (Å²) in [7, 11) is 0. The van der Waals surface area contributed by atoms with Gasteiger partial charge in [-0.25, -0.2) is 4.68 Å². The SMILES string of the molecule is CC(C)C1(Cn2nnnc2-c2cc(N)cc(Cl)c2Cl)CC1. The molecule has 0 bridgehead atoms. The first-order chi connectivity index (χ1) is 9.93. The van der Waals surface area contributed by atoms with Crippen molar-refractivity contribution < 1.29 is 0 Å². The van der Waals surface area contributed by atoms with Crippen LogP contribution in [0.5, 0.6) is 0 Å². The van der Waals surface area contributed by atoms with Gasteiger partial charge >= 0.3 is 0 Å². The fraction of sp³-hybridized carbons (Fsp3) is 0.500. The molecule has 2 aromatic rings. The van der Waals surface area contributed by atoms with Crippen molar-refractivity contribution in [3.8, 4) is 11.4 Å². The number of aromatic nitrogens is 4. The summed E-state index contributed by atoms with van der Waals surface area (Å²) in [6, 6.07) is 3.38. The highest BCUT2D eigenvalue weighted by Crippen LogP contribution is 2.53. The Bertz CT molecular complexity index is 676. The van der Waals surface area contributed by atoms with Crippen molar-refractivity contribution in [2.45, 2.75) is 33.2 Å². The van der Waals surface area contributed by atoms with Gasteiger partial charge in [0.15, 0.2) is 5.82 Å². The smallest absolute Gasteiger partial charge is 0.183 e. The zero-order chi connectivity index (χ0) is 15.2. The summed E-state index contributed by atoms with van der Waals surface area (Å²) in [6.45, 7) is 5.26. The van der Waals surface area contributed by atoms with E-state index < -0.39 is 0 Å². The third-order valence-corrected chi connectivity index (χ3v) is 5.21. The first-order valence-corrected chi connectivity index (χ1v) is 7.69. The van der Waals surface area contributed by atoms with E-state index in [2.05, 4.69) is 29.4 Å². The van der Waals surface area contributed by atoms with Crippen molar-refractivity contribution in [1.82, 2.24) is 20.2 Å². The fourth-order valence-corrected chi connectivity index (χ4v) is 3.08. The molecule has 112 valence electrons. The molecule has 1 fully saturated rings. The number of nitrogens with two attached hydrogens (primary N) is 1. The van der Waals surface area contributed by atoms with Crippen molar-refractivity contribution in [2.24, 2.45) is 11.3 Å². The quantitative estimate of drug-likeness (QED) is 0.871. The molecule has 0 aliphatic heterocycles. The summed E-state index contributed by atoms with van der Waals surface area (Å²) in [6.07, 6.45) is 2.41. The third-order valence-electron chi connectivity index (χ3n) is 4.40. The van der Waals surface area contributed by atoms with Crippen molar-refractivity contribution in [3.05, 3.63) is 22.2 Å². The fourth-order valence-electron chi connectivity index (χ4n) is 2.65. The second-order valence-corrected chi connectivity index (χ2v) is 6.83. The molecule has 1 aromatic heterocycles. The standard InChI is InChI=1S/C14H17Cl2N5/c1-8(2)14(3-4-14)7-21-13(18-19-20-21)10-5-9(17)6-11(15)12(10)16/h5-6,8H,3-4,7,17H2,1-2H3.